The molecule has 0 saturated carbocycles. The van der Waals surface area contributed by atoms with Crippen LogP contribution in [0.1, 0.15) is 32.9 Å². The number of nitrogens with one attached hydrogen (secondary N) is 1. The molecule has 0 spiro atoms. The van der Waals surface area contributed by atoms with Crippen molar-refractivity contribution in [2.24, 2.45) is 0 Å². The third-order valence-electron chi connectivity index (χ3n) is 4.92. The summed E-state index contributed by atoms with van der Waals surface area (Å²) in [6.07, 6.45) is 7.49. The number of halogens is 1. The molecule has 4 rings (SSSR count). The lowest BCUT2D eigenvalue weighted by molar-refractivity contribution is 0.104. The summed E-state index contributed by atoms with van der Waals surface area (Å²) in [7, 11) is 0. The molecule has 0 bridgehead atoms. The van der Waals surface area contributed by atoms with Crippen molar-refractivity contribution in [1.29, 1.82) is 0 Å². The highest BCUT2D eigenvalue weighted by Crippen LogP contribution is 2.19. The van der Waals surface area contributed by atoms with E-state index in [0.29, 0.717) is 18.5 Å². The van der Waals surface area contributed by atoms with Crippen LogP contribution < -0.4 is 0 Å². The third kappa shape index (κ3) is 5.14. The van der Waals surface area contributed by atoms with Crippen molar-refractivity contribution in [2.45, 2.75) is 19.4 Å². The van der Waals surface area contributed by atoms with Gasteiger partial charge < -0.3 is 9.67 Å². The standard InChI is InChI=1S/C24H21FN4O2/c25-20-8-4-7-18(11-20)13-29-14-19(10-9-17-5-2-1-3-6-17)21(15-29)22(30)12-23(31)24-26-16-27-28-24/h1-8,11-12,14-16,31H,9-10,13H2,(H,26,27,28). The average molecular weight is 416 g/mol. The second-order valence-electron chi connectivity index (χ2n) is 7.20. The van der Waals surface area contributed by atoms with E-state index in [1.54, 1.807) is 12.3 Å². The molecule has 2 heterocycles. The fraction of sp³-hybridized carbons (Fsp3) is 0.125. The maximum Gasteiger partial charge on any atom is 0.215 e. The van der Waals surface area contributed by atoms with E-state index in [4.69, 9.17) is 0 Å². The smallest absolute Gasteiger partial charge is 0.215 e. The van der Waals surface area contributed by atoms with Crippen molar-refractivity contribution in [2.75, 3.05) is 0 Å². The summed E-state index contributed by atoms with van der Waals surface area (Å²) >= 11 is 0. The van der Waals surface area contributed by atoms with Crippen molar-refractivity contribution in [3.05, 3.63) is 113 Å². The molecule has 2 N–H and O–H groups in total. The van der Waals surface area contributed by atoms with E-state index < -0.39 is 0 Å². The van der Waals surface area contributed by atoms with Crippen LogP contribution >= 0.6 is 0 Å². The fourth-order valence-corrected chi connectivity index (χ4v) is 3.44. The van der Waals surface area contributed by atoms with E-state index in [1.807, 2.05) is 47.2 Å². The third-order valence-corrected chi connectivity index (χ3v) is 4.92. The highest BCUT2D eigenvalue weighted by Gasteiger charge is 2.16. The number of aromatic amines is 1. The fourth-order valence-electron chi connectivity index (χ4n) is 3.44. The number of carbonyl (C=O) groups is 1. The first-order valence-electron chi connectivity index (χ1n) is 9.86. The summed E-state index contributed by atoms with van der Waals surface area (Å²) in [5, 5.41) is 16.4. The highest BCUT2D eigenvalue weighted by molar-refractivity contribution is 6.08. The van der Waals surface area contributed by atoms with Gasteiger partial charge in [-0.15, -0.1) is 0 Å². The first kappa shape index (κ1) is 20.3. The van der Waals surface area contributed by atoms with E-state index in [9.17, 15) is 14.3 Å². The number of aliphatic hydroxyl groups excluding tert-OH is 1. The van der Waals surface area contributed by atoms with Crippen molar-refractivity contribution in [1.82, 2.24) is 19.7 Å². The van der Waals surface area contributed by atoms with Gasteiger partial charge in [0.1, 0.15) is 12.1 Å². The van der Waals surface area contributed by atoms with Crippen LogP contribution in [-0.2, 0) is 19.4 Å². The molecule has 156 valence electrons. The zero-order valence-electron chi connectivity index (χ0n) is 16.7. The molecule has 0 aliphatic carbocycles. The van der Waals surface area contributed by atoms with E-state index in [2.05, 4.69) is 15.2 Å². The van der Waals surface area contributed by atoms with Gasteiger partial charge in [-0.1, -0.05) is 42.5 Å². The minimum absolute atomic E-state index is 0.0541. The van der Waals surface area contributed by atoms with Gasteiger partial charge in [0.25, 0.3) is 0 Å². The maximum atomic E-state index is 13.6. The van der Waals surface area contributed by atoms with Crippen molar-refractivity contribution >= 4 is 11.5 Å². The second kappa shape index (κ2) is 9.21. The number of aliphatic hydroxyl groups is 1. The molecule has 2 aromatic heterocycles. The summed E-state index contributed by atoms with van der Waals surface area (Å²) in [5.74, 6) is -0.899. The van der Waals surface area contributed by atoms with Crippen molar-refractivity contribution < 1.29 is 14.3 Å². The predicted molar refractivity (Wildman–Crippen MR) is 115 cm³/mol. The molecule has 6 nitrogen and oxygen atoms in total. The van der Waals surface area contributed by atoms with Crippen LogP contribution in [0, 0.1) is 5.82 Å². The minimum Gasteiger partial charge on any atom is -0.504 e. The monoisotopic (exact) mass is 416 g/mol. The summed E-state index contributed by atoms with van der Waals surface area (Å²) in [6.45, 7) is 0.431. The minimum atomic E-state index is -0.344. The Labute approximate surface area is 178 Å². The van der Waals surface area contributed by atoms with Gasteiger partial charge in [-0.3, -0.25) is 9.89 Å². The quantitative estimate of drug-likeness (QED) is 0.254. The number of ketones is 1. The topological polar surface area (TPSA) is 83.8 Å². The number of aryl methyl sites for hydroxylation is 2. The second-order valence-corrected chi connectivity index (χ2v) is 7.20. The normalized spacial score (nSPS) is 11.6. The van der Waals surface area contributed by atoms with Crippen LogP contribution in [0.4, 0.5) is 4.39 Å². The molecule has 31 heavy (non-hydrogen) atoms. The summed E-state index contributed by atoms with van der Waals surface area (Å²) in [4.78, 5) is 16.8. The Hall–Kier alpha value is -4.00. The van der Waals surface area contributed by atoms with Crippen molar-refractivity contribution in [3.8, 4) is 0 Å². The number of aromatic nitrogens is 4. The summed E-state index contributed by atoms with van der Waals surface area (Å²) < 4.78 is 15.4. The number of benzene rings is 2. The van der Waals surface area contributed by atoms with Gasteiger partial charge in [0.2, 0.25) is 5.82 Å². The predicted octanol–water partition coefficient (Wildman–Crippen LogP) is 4.36. The zero-order valence-corrected chi connectivity index (χ0v) is 16.7. The van der Waals surface area contributed by atoms with Crippen LogP contribution in [0.3, 0.4) is 0 Å². The Bertz CT molecular complexity index is 1200. The van der Waals surface area contributed by atoms with Gasteiger partial charge in [0.15, 0.2) is 11.5 Å². The molecule has 0 unspecified atom stereocenters. The Morgan fingerprint density at radius 3 is 2.61 bits per heavy atom. The molecule has 0 amide bonds. The SMILES string of the molecule is O=C(C=C(O)c1nc[nH]n1)c1cn(Cc2cccc(F)c2)cc1CCc1ccccc1. The molecule has 4 aromatic rings. The van der Waals surface area contributed by atoms with E-state index in [1.165, 1.54) is 18.5 Å². The van der Waals surface area contributed by atoms with Gasteiger partial charge >= 0.3 is 0 Å². The van der Waals surface area contributed by atoms with Crippen LogP contribution in [0.15, 0.2) is 79.4 Å². The Kier molecular flexibility index (Phi) is 6.03. The van der Waals surface area contributed by atoms with Crippen LogP contribution in [0.25, 0.3) is 5.76 Å². The lowest BCUT2D eigenvalue weighted by Gasteiger charge is -2.03. The van der Waals surface area contributed by atoms with Gasteiger partial charge in [0, 0.05) is 30.6 Å². The van der Waals surface area contributed by atoms with Crippen LogP contribution in [0.2, 0.25) is 0 Å². The molecule has 0 atom stereocenters. The number of H-pyrrole nitrogens is 1. The highest BCUT2D eigenvalue weighted by atomic mass is 19.1. The lowest BCUT2D eigenvalue weighted by atomic mass is 10.0. The molecule has 0 radical (unpaired) electrons. The number of hydrogen-bond donors (Lipinski definition) is 2. The number of allylic oxidation sites excluding steroid dienone is 1. The molecule has 2 aromatic carbocycles. The Morgan fingerprint density at radius 2 is 1.87 bits per heavy atom. The van der Waals surface area contributed by atoms with Gasteiger partial charge in [0.05, 0.1) is 0 Å². The molecule has 0 aliphatic rings. The van der Waals surface area contributed by atoms with E-state index in [0.717, 1.165) is 29.2 Å². The Balaban J connectivity index is 1.61. The first-order chi connectivity index (χ1) is 15.1. The Morgan fingerprint density at radius 1 is 1.06 bits per heavy atom. The molecule has 0 fully saturated rings. The molecule has 0 saturated heterocycles. The summed E-state index contributed by atoms with van der Waals surface area (Å²) in [6, 6.07) is 16.4. The van der Waals surface area contributed by atoms with E-state index >= 15 is 0 Å². The largest absolute Gasteiger partial charge is 0.504 e. The number of rotatable bonds is 8. The summed E-state index contributed by atoms with van der Waals surface area (Å²) in [5.41, 5.74) is 3.29. The molecular weight excluding hydrogens is 395 g/mol. The number of hydrogen-bond acceptors (Lipinski definition) is 4. The zero-order chi connectivity index (χ0) is 21.6. The van der Waals surface area contributed by atoms with Crippen molar-refractivity contribution in [3.63, 3.8) is 0 Å². The number of nitrogens with zero attached hydrogens (tertiary/aromatic N) is 3. The molecule has 0 aliphatic heterocycles. The lowest BCUT2D eigenvalue weighted by Crippen LogP contribution is -2.01. The maximum absolute atomic E-state index is 13.6. The first-order valence-corrected chi connectivity index (χ1v) is 9.86. The van der Waals surface area contributed by atoms with Crippen LogP contribution in [0.5, 0.6) is 0 Å². The van der Waals surface area contributed by atoms with Gasteiger partial charge in [-0.2, -0.15) is 5.10 Å². The van der Waals surface area contributed by atoms with Gasteiger partial charge in [-0.05, 0) is 41.7 Å². The van der Waals surface area contributed by atoms with Gasteiger partial charge in [-0.25, -0.2) is 9.37 Å². The van der Waals surface area contributed by atoms with Crippen LogP contribution in [-0.4, -0.2) is 30.6 Å². The molecular formula is C24H21FN4O2. The average Bonchev–Trinajstić information content (AvgIpc) is 3.43. The number of carbonyl (C=O) groups excluding carboxylic acids is 1. The molecule has 7 heteroatoms. The van der Waals surface area contributed by atoms with E-state index in [-0.39, 0.29) is 23.2 Å².